The van der Waals surface area contributed by atoms with E-state index in [0.717, 1.165) is 37.7 Å². The maximum Gasteiger partial charge on any atom is 0.331 e. The Morgan fingerprint density at radius 3 is 2.66 bits per heavy atom. The van der Waals surface area contributed by atoms with Crippen LogP contribution in [0.5, 0.6) is 0 Å². The van der Waals surface area contributed by atoms with Crippen molar-refractivity contribution in [2.24, 2.45) is 11.8 Å². The second-order valence-corrected chi connectivity index (χ2v) is 9.91. The van der Waals surface area contributed by atoms with Gasteiger partial charge in [0.25, 0.3) is 5.56 Å². The van der Waals surface area contributed by atoms with E-state index in [1.165, 1.54) is 15.9 Å². The van der Waals surface area contributed by atoms with Crippen molar-refractivity contribution in [2.75, 3.05) is 6.54 Å². The van der Waals surface area contributed by atoms with Crippen LogP contribution in [-0.2, 0) is 17.9 Å². The fourth-order valence-electron chi connectivity index (χ4n) is 4.52. The molecule has 0 radical (unpaired) electrons. The number of hydrogen-bond acceptors (Lipinski definition) is 4. The number of nitrogens with one attached hydrogen (secondary N) is 1. The SMILES string of the molecule is CCCNC(=O)C1CCC(Cn2c(=O)c3sccc3n(Cc3cccc(Cl)c3)c2=O)CC1. The molecule has 0 aliphatic heterocycles. The molecule has 170 valence electrons. The first-order valence-electron chi connectivity index (χ1n) is 11.2. The number of halogens is 1. The molecule has 3 aromatic rings. The van der Waals surface area contributed by atoms with Gasteiger partial charge in [0.2, 0.25) is 5.91 Å². The van der Waals surface area contributed by atoms with E-state index in [4.69, 9.17) is 11.6 Å². The first-order chi connectivity index (χ1) is 15.5. The number of nitrogens with zero attached hydrogens (tertiary/aromatic N) is 2. The fourth-order valence-corrected chi connectivity index (χ4v) is 5.58. The highest BCUT2D eigenvalue weighted by Gasteiger charge is 2.27. The van der Waals surface area contributed by atoms with Gasteiger partial charge in [0.15, 0.2) is 0 Å². The largest absolute Gasteiger partial charge is 0.356 e. The van der Waals surface area contributed by atoms with Crippen molar-refractivity contribution >= 4 is 39.1 Å². The van der Waals surface area contributed by atoms with E-state index < -0.39 is 0 Å². The summed E-state index contributed by atoms with van der Waals surface area (Å²) in [5, 5.41) is 5.45. The monoisotopic (exact) mass is 473 g/mol. The molecule has 1 aromatic carbocycles. The van der Waals surface area contributed by atoms with E-state index in [9.17, 15) is 14.4 Å². The Balaban J connectivity index is 1.57. The highest BCUT2D eigenvalue weighted by atomic mass is 35.5. The van der Waals surface area contributed by atoms with Crippen LogP contribution >= 0.6 is 22.9 Å². The highest BCUT2D eigenvalue weighted by Crippen LogP contribution is 2.30. The van der Waals surface area contributed by atoms with Crippen LogP contribution in [0, 0.1) is 11.8 Å². The fraction of sp³-hybridized carbons (Fsp3) is 0.458. The number of fused-ring (bicyclic) bond motifs is 1. The Kier molecular flexibility index (Phi) is 7.16. The lowest BCUT2D eigenvalue weighted by atomic mass is 9.81. The third kappa shape index (κ3) is 4.84. The predicted octanol–water partition coefficient (Wildman–Crippen LogP) is 4.26. The van der Waals surface area contributed by atoms with Gasteiger partial charge < -0.3 is 5.32 Å². The summed E-state index contributed by atoms with van der Waals surface area (Å²) in [6.07, 6.45) is 4.20. The molecule has 1 N–H and O–H groups in total. The number of aromatic nitrogens is 2. The van der Waals surface area contributed by atoms with Crippen molar-refractivity contribution in [3.05, 3.63) is 67.1 Å². The van der Waals surface area contributed by atoms with Crippen LogP contribution in [0.4, 0.5) is 0 Å². The Bertz CT molecular complexity index is 1220. The average molecular weight is 474 g/mol. The van der Waals surface area contributed by atoms with Crippen molar-refractivity contribution in [3.8, 4) is 0 Å². The molecule has 1 saturated carbocycles. The minimum Gasteiger partial charge on any atom is -0.356 e. The van der Waals surface area contributed by atoms with Gasteiger partial charge in [-0.1, -0.05) is 30.7 Å². The van der Waals surface area contributed by atoms with Gasteiger partial charge in [-0.2, -0.15) is 0 Å². The quantitative estimate of drug-likeness (QED) is 0.557. The topological polar surface area (TPSA) is 73.1 Å². The maximum atomic E-state index is 13.4. The first kappa shape index (κ1) is 22.8. The lowest BCUT2D eigenvalue weighted by Crippen LogP contribution is -2.42. The van der Waals surface area contributed by atoms with Crippen molar-refractivity contribution in [1.82, 2.24) is 14.5 Å². The second kappa shape index (κ2) is 10.0. The Hall–Kier alpha value is -2.38. The molecular formula is C24H28ClN3O3S. The molecule has 0 bridgehead atoms. The van der Waals surface area contributed by atoms with Gasteiger partial charge in [-0.05, 0) is 67.2 Å². The van der Waals surface area contributed by atoms with Gasteiger partial charge in [-0.15, -0.1) is 11.3 Å². The maximum absolute atomic E-state index is 13.4. The molecule has 1 aliphatic rings. The molecule has 2 aromatic heterocycles. The molecule has 0 saturated heterocycles. The van der Waals surface area contributed by atoms with Gasteiger partial charge in [0.05, 0.1) is 12.1 Å². The number of rotatable bonds is 7. The van der Waals surface area contributed by atoms with Crippen LogP contribution in [0.25, 0.3) is 10.2 Å². The summed E-state index contributed by atoms with van der Waals surface area (Å²) in [6.45, 7) is 3.50. The lowest BCUT2D eigenvalue weighted by Gasteiger charge is -2.28. The molecule has 8 heteroatoms. The molecule has 1 aliphatic carbocycles. The normalized spacial score (nSPS) is 18.7. The predicted molar refractivity (Wildman–Crippen MR) is 130 cm³/mol. The van der Waals surface area contributed by atoms with E-state index in [1.54, 1.807) is 10.6 Å². The lowest BCUT2D eigenvalue weighted by molar-refractivity contribution is -0.126. The Morgan fingerprint density at radius 2 is 1.94 bits per heavy atom. The molecule has 2 heterocycles. The Morgan fingerprint density at radius 1 is 1.16 bits per heavy atom. The van der Waals surface area contributed by atoms with Crippen LogP contribution in [0.15, 0.2) is 45.3 Å². The first-order valence-corrected chi connectivity index (χ1v) is 12.5. The molecule has 1 amide bonds. The zero-order valence-corrected chi connectivity index (χ0v) is 19.8. The molecule has 32 heavy (non-hydrogen) atoms. The van der Waals surface area contributed by atoms with Gasteiger partial charge >= 0.3 is 5.69 Å². The van der Waals surface area contributed by atoms with E-state index in [1.807, 2.05) is 36.6 Å². The third-order valence-corrected chi connectivity index (χ3v) is 7.40. The smallest absolute Gasteiger partial charge is 0.331 e. The molecule has 0 unspecified atom stereocenters. The Labute approximate surface area is 195 Å². The molecule has 1 fully saturated rings. The van der Waals surface area contributed by atoms with Crippen LogP contribution < -0.4 is 16.6 Å². The standard InChI is InChI=1S/C24H28ClN3O3S/c1-2-11-26-22(29)18-8-6-16(7-9-18)14-28-23(30)21-20(10-12-32-21)27(24(28)31)15-17-4-3-5-19(25)13-17/h3-5,10,12-13,16,18H,2,6-9,11,14-15H2,1H3,(H,26,29). The molecule has 6 nitrogen and oxygen atoms in total. The summed E-state index contributed by atoms with van der Waals surface area (Å²) in [6, 6.07) is 9.26. The summed E-state index contributed by atoms with van der Waals surface area (Å²) in [7, 11) is 0. The highest BCUT2D eigenvalue weighted by molar-refractivity contribution is 7.17. The van der Waals surface area contributed by atoms with Gasteiger partial charge in [-0.25, -0.2) is 4.79 Å². The number of thiophene rings is 1. The van der Waals surface area contributed by atoms with Crippen LogP contribution in [0.1, 0.15) is 44.6 Å². The van der Waals surface area contributed by atoms with Gasteiger partial charge in [0.1, 0.15) is 4.70 Å². The number of carbonyl (C=O) groups excluding carboxylic acids is 1. The number of carbonyl (C=O) groups is 1. The van der Waals surface area contributed by atoms with Crippen LogP contribution in [-0.4, -0.2) is 21.6 Å². The summed E-state index contributed by atoms with van der Waals surface area (Å²) in [5.41, 5.74) is 1.07. The van der Waals surface area contributed by atoms with E-state index in [2.05, 4.69) is 5.32 Å². The molecule has 4 rings (SSSR count). The van der Waals surface area contributed by atoms with E-state index in [0.29, 0.717) is 34.9 Å². The second-order valence-electron chi connectivity index (χ2n) is 8.56. The number of amides is 1. The minimum absolute atomic E-state index is 0.0359. The number of hydrogen-bond donors (Lipinski definition) is 1. The summed E-state index contributed by atoms with van der Waals surface area (Å²) in [4.78, 5) is 38.8. The third-order valence-electron chi connectivity index (χ3n) is 6.27. The molecule has 0 spiro atoms. The minimum atomic E-state index is -0.288. The summed E-state index contributed by atoms with van der Waals surface area (Å²) >= 11 is 7.49. The zero-order valence-electron chi connectivity index (χ0n) is 18.2. The average Bonchev–Trinajstić information content (AvgIpc) is 3.28. The summed E-state index contributed by atoms with van der Waals surface area (Å²) in [5.74, 6) is 0.382. The zero-order chi connectivity index (χ0) is 22.7. The summed E-state index contributed by atoms with van der Waals surface area (Å²) < 4.78 is 3.66. The van der Waals surface area contributed by atoms with Crippen LogP contribution in [0.3, 0.4) is 0 Å². The van der Waals surface area contributed by atoms with E-state index in [-0.39, 0.29) is 29.0 Å². The van der Waals surface area contributed by atoms with Gasteiger partial charge in [-0.3, -0.25) is 18.7 Å². The molecule has 0 atom stereocenters. The van der Waals surface area contributed by atoms with E-state index >= 15 is 0 Å². The van der Waals surface area contributed by atoms with Crippen LogP contribution in [0.2, 0.25) is 5.02 Å². The van der Waals surface area contributed by atoms with Gasteiger partial charge in [0, 0.05) is 24.0 Å². The van der Waals surface area contributed by atoms with Crippen molar-refractivity contribution in [1.29, 1.82) is 0 Å². The van der Waals surface area contributed by atoms with Crippen molar-refractivity contribution in [2.45, 2.75) is 52.1 Å². The van der Waals surface area contributed by atoms with Crippen molar-refractivity contribution < 1.29 is 4.79 Å². The molecular weight excluding hydrogens is 446 g/mol. The number of benzene rings is 1. The van der Waals surface area contributed by atoms with Crippen molar-refractivity contribution in [3.63, 3.8) is 0 Å².